The summed E-state index contributed by atoms with van der Waals surface area (Å²) < 4.78 is 0. The Hall–Kier alpha value is -1.14. The first-order valence-corrected chi connectivity index (χ1v) is 10.0. The first-order valence-electron chi connectivity index (χ1n) is 10.0. The maximum absolute atomic E-state index is 12.6. The molecule has 0 aromatic rings. The first-order chi connectivity index (χ1) is 12.0. The SMILES string of the molecule is CCC(=O)NC1CC2CC1CN2C(=O)CCN1CCN(C(C)C)CC1. The lowest BCUT2D eigenvalue weighted by molar-refractivity contribution is -0.133. The monoisotopic (exact) mass is 350 g/mol. The molecule has 1 aliphatic carbocycles. The molecule has 3 fully saturated rings. The van der Waals surface area contributed by atoms with Gasteiger partial charge < -0.3 is 15.1 Å². The van der Waals surface area contributed by atoms with E-state index >= 15 is 0 Å². The Morgan fingerprint density at radius 2 is 1.84 bits per heavy atom. The van der Waals surface area contributed by atoms with Crippen molar-refractivity contribution in [3.8, 4) is 0 Å². The summed E-state index contributed by atoms with van der Waals surface area (Å²) in [6.45, 7) is 12.5. The van der Waals surface area contributed by atoms with Gasteiger partial charge in [-0.25, -0.2) is 0 Å². The molecule has 3 rings (SSSR count). The van der Waals surface area contributed by atoms with Gasteiger partial charge in [0.05, 0.1) is 0 Å². The molecule has 0 spiro atoms. The molecule has 3 atom stereocenters. The molecule has 6 nitrogen and oxygen atoms in total. The average molecular weight is 351 g/mol. The van der Waals surface area contributed by atoms with E-state index in [-0.39, 0.29) is 11.9 Å². The molecule has 142 valence electrons. The van der Waals surface area contributed by atoms with E-state index in [2.05, 4.69) is 33.9 Å². The van der Waals surface area contributed by atoms with Crippen LogP contribution in [0.1, 0.15) is 46.5 Å². The zero-order valence-corrected chi connectivity index (χ0v) is 16.0. The standard InChI is InChI=1S/C19H34N4O2/c1-4-18(24)20-17-12-16-11-15(17)13-23(16)19(25)5-6-21-7-9-22(10-8-21)14(2)3/h14-17H,4-13H2,1-3H3,(H,20,24). The van der Waals surface area contributed by atoms with Gasteiger partial charge in [0.25, 0.3) is 0 Å². The number of amides is 2. The molecule has 3 unspecified atom stereocenters. The lowest BCUT2D eigenvalue weighted by Crippen LogP contribution is -2.50. The summed E-state index contributed by atoms with van der Waals surface area (Å²) in [6.07, 6.45) is 3.18. The molecule has 0 radical (unpaired) electrons. The van der Waals surface area contributed by atoms with Crippen molar-refractivity contribution in [3.05, 3.63) is 0 Å². The van der Waals surface area contributed by atoms with Crippen LogP contribution in [0.4, 0.5) is 0 Å². The van der Waals surface area contributed by atoms with Crippen molar-refractivity contribution in [3.63, 3.8) is 0 Å². The molecule has 2 heterocycles. The van der Waals surface area contributed by atoms with Crippen LogP contribution in [0.5, 0.6) is 0 Å². The third-order valence-corrected chi connectivity index (χ3v) is 6.31. The summed E-state index contributed by atoms with van der Waals surface area (Å²) in [5.74, 6) is 0.897. The van der Waals surface area contributed by atoms with Gasteiger partial charge in [-0.2, -0.15) is 0 Å². The fraction of sp³-hybridized carbons (Fsp3) is 0.895. The molecule has 0 aromatic heterocycles. The summed E-state index contributed by atoms with van der Waals surface area (Å²) >= 11 is 0. The van der Waals surface area contributed by atoms with Crippen molar-refractivity contribution in [2.75, 3.05) is 39.3 Å². The van der Waals surface area contributed by atoms with Gasteiger partial charge in [0.1, 0.15) is 0 Å². The van der Waals surface area contributed by atoms with E-state index in [0.717, 1.165) is 52.1 Å². The van der Waals surface area contributed by atoms with Crippen LogP contribution in [0.3, 0.4) is 0 Å². The van der Waals surface area contributed by atoms with Crippen molar-refractivity contribution in [2.24, 2.45) is 5.92 Å². The van der Waals surface area contributed by atoms with Crippen molar-refractivity contribution < 1.29 is 9.59 Å². The molecule has 1 saturated carbocycles. The summed E-state index contributed by atoms with van der Waals surface area (Å²) in [7, 11) is 0. The number of rotatable bonds is 6. The number of nitrogens with zero attached hydrogens (tertiary/aromatic N) is 3. The smallest absolute Gasteiger partial charge is 0.224 e. The molecular weight excluding hydrogens is 316 g/mol. The highest BCUT2D eigenvalue weighted by Gasteiger charge is 2.46. The van der Waals surface area contributed by atoms with Gasteiger partial charge in [-0.3, -0.25) is 14.5 Å². The lowest BCUT2D eigenvalue weighted by atomic mass is 10.0. The van der Waals surface area contributed by atoms with Crippen LogP contribution in [-0.4, -0.2) is 83.9 Å². The second-order valence-electron chi connectivity index (χ2n) is 8.18. The van der Waals surface area contributed by atoms with Gasteiger partial charge in [0.15, 0.2) is 0 Å². The predicted molar refractivity (Wildman–Crippen MR) is 98.2 cm³/mol. The molecule has 3 aliphatic rings. The summed E-state index contributed by atoms with van der Waals surface area (Å²) in [5, 5.41) is 3.13. The molecule has 2 amide bonds. The largest absolute Gasteiger partial charge is 0.353 e. The second kappa shape index (κ2) is 8.04. The quantitative estimate of drug-likeness (QED) is 0.774. The highest BCUT2D eigenvalue weighted by molar-refractivity contribution is 5.78. The van der Waals surface area contributed by atoms with E-state index in [9.17, 15) is 9.59 Å². The fourth-order valence-electron chi connectivity index (χ4n) is 4.65. The Balaban J connectivity index is 1.39. The van der Waals surface area contributed by atoms with Crippen molar-refractivity contribution in [2.45, 2.75) is 64.6 Å². The molecule has 2 bridgehead atoms. The normalized spacial score (nSPS) is 30.2. The number of piperazine rings is 1. The number of carbonyl (C=O) groups excluding carboxylic acids is 2. The highest BCUT2D eigenvalue weighted by Crippen LogP contribution is 2.38. The number of carbonyl (C=O) groups is 2. The average Bonchev–Trinajstić information content (AvgIpc) is 3.20. The first kappa shape index (κ1) is 18.6. The topological polar surface area (TPSA) is 55.9 Å². The van der Waals surface area contributed by atoms with Crippen LogP contribution in [0, 0.1) is 5.92 Å². The zero-order chi connectivity index (χ0) is 18.0. The van der Waals surface area contributed by atoms with Gasteiger partial charge in [-0.15, -0.1) is 0 Å². The molecule has 2 aliphatic heterocycles. The third-order valence-electron chi connectivity index (χ3n) is 6.31. The Kier molecular flexibility index (Phi) is 6.00. The number of nitrogens with one attached hydrogen (secondary N) is 1. The number of hydrogen-bond acceptors (Lipinski definition) is 4. The molecule has 25 heavy (non-hydrogen) atoms. The van der Waals surface area contributed by atoms with E-state index in [1.165, 1.54) is 0 Å². The second-order valence-corrected chi connectivity index (χ2v) is 8.18. The summed E-state index contributed by atoms with van der Waals surface area (Å²) in [5.41, 5.74) is 0. The van der Waals surface area contributed by atoms with Crippen LogP contribution >= 0.6 is 0 Å². The highest BCUT2D eigenvalue weighted by atomic mass is 16.2. The van der Waals surface area contributed by atoms with Gasteiger partial charge in [0.2, 0.25) is 11.8 Å². The van der Waals surface area contributed by atoms with Crippen LogP contribution in [-0.2, 0) is 9.59 Å². The number of likely N-dealkylation sites (tertiary alicyclic amines) is 1. The fourth-order valence-corrected chi connectivity index (χ4v) is 4.65. The summed E-state index contributed by atoms with van der Waals surface area (Å²) in [4.78, 5) is 31.3. The van der Waals surface area contributed by atoms with E-state index in [1.54, 1.807) is 0 Å². The maximum Gasteiger partial charge on any atom is 0.224 e. The van der Waals surface area contributed by atoms with E-state index in [0.29, 0.717) is 36.8 Å². The minimum Gasteiger partial charge on any atom is -0.353 e. The number of piperidine rings is 1. The van der Waals surface area contributed by atoms with Gasteiger partial charge in [-0.1, -0.05) is 6.92 Å². The van der Waals surface area contributed by atoms with Crippen LogP contribution in [0.25, 0.3) is 0 Å². The molecule has 6 heteroatoms. The number of hydrogen-bond donors (Lipinski definition) is 1. The van der Waals surface area contributed by atoms with E-state index < -0.39 is 0 Å². The van der Waals surface area contributed by atoms with Crippen LogP contribution in [0.2, 0.25) is 0 Å². The molecule has 2 saturated heterocycles. The summed E-state index contributed by atoms with van der Waals surface area (Å²) in [6, 6.07) is 1.24. The molecule has 0 aromatic carbocycles. The van der Waals surface area contributed by atoms with Crippen molar-refractivity contribution >= 4 is 11.8 Å². The molecule has 1 N–H and O–H groups in total. The Morgan fingerprint density at radius 1 is 1.12 bits per heavy atom. The van der Waals surface area contributed by atoms with Crippen LogP contribution < -0.4 is 5.32 Å². The van der Waals surface area contributed by atoms with E-state index in [4.69, 9.17) is 0 Å². The van der Waals surface area contributed by atoms with Crippen LogP contribution in [0.15, 0.2) is 0 Å². The minimum atomic E-state index is 0.135. The van der Waals surface area contributed by atoms with E-state index in [1.807, 2.05) is 6.92 Å². The Morgan fingerprint density at radius 3 is 2.40 bits per heavy atom. The van der Waals surface area contributed by atoms with Crippen molar-refractivity contribution in [1.29, 1.82) is 0 Å². The zero-order valence-electron chi connectivity index (χ0n) is 16.0. The third kappa shape index (κ3) is 4.34. The predicted octanol–water partition coefficient (Wildman–Crippen LogP) is 0.918. The van der Waals surface area contributed by atoms with Gasteiger partial charge in [-0.05, 0) is 32.6 Å². The maximum atomic E-state index is 12.6. The minimum absolute atomic E-state index is 0.135. The van der Waals surface area contributed by atoms with Crippen molar-refractivity contribution in [1.82, 2.24) is 20.0 Å². The molecular formula is C19H34N4O2. The lowest BCUT2D eigenvalue weighted by Gasteiger charge is -2.37. The van der Waals surface area contributed by atoms with Gasteiger partial charge >= 0.3 is 0 Å². The number of fused-ring (bicyclic) bond motifs is 2. The Labute approximate surface area is 151 Å². The van der Waals surface area contributed by atoms with Gasteiger partial charge in [0, 0.05) is 70.2 Å². The Bertz CT molecular complexity index is 488.